The van der Waals surface area contributed by atoms with Crippen molar-refractivity contribution < 1.29 is 24.2 Å². The van der Waals surface area contributed by atoms with Gasteiger partial charge in [0.1, 0.15) is 12.1 Å². The van der Waals surface area contributed by atoms with Gasteiger partial charge < -0.3 is 20.5 Å². The van der Waals surface area contributed by atoms with Crippen LogP contribution in [0.25, 0.3) is 11.1 Å². The molecule has 0 aromatic heterocycles. The second-order valence-electron chi connectivity index (χ2n) is 8.67. The second-order valence-corrected chi connectivity index (χ2v) is 8.67. The third kappa shape index (κ3) is 5.35. The number of hydrogen-bond acceptors (Lipinski definition) is 4. The van der Waals surface area contributed by atoms with Crippen LogP contribution in [0.4, 0.5) is 4.79 Å². The molecule has 0 radical (unpaired) electrons. The summed E-state index contributed by atoms with van der Waals surface area (Å²) in [5.41, 5.74) is 3.22. The number of ether oxygens (including phenoxy) is 1. The first-order chi connectivity index (χ1) is 15.8. The van der Waals surface area contributed by atoms with Crippen LogP contribution < -0.4 is 10.6 Å². The topological polar surface area (TPSA) is 105 Å². The number of alkyl carbamates (subject to hydrolysis) is 1. The van der Waals surface area contributed by atoms with E-state index >= 15 is 0 Å². The zero-order valence-electron chi connectivity index (χ0n) is 19.4. The van der Waals surface area contributed by atoms with Crippen molar-refractivity contribution >= 4 is 18.0 Å². The summed E-state index contributed by atoms with van der Waals surface area (Å²) in [5, 5.41) is 14.7. The fraction of sp³-hybridized carbons (Fsp3) is 0.423. The Bertz CT molecular complexity index is 976. The molecule has 176 valence electrons. The molecule has 2 amide bonds. The number of hydrogen-bond donors (Lipinski definition) is 3. The molecule has 2 aromatic rings. The van der Waals surface area contributed by atoms with E-state index in [1.54, 1.807) is 6.92 Å². The third-order valence-corrected chi connectivity index (χ3v) is 6.42. The van der Waals surface area contributed by atoms with Gasteiger partial charge in [-0.05, 0) is 42.0 Å². The number of fused-ring (bicyclic) bond motifs is 3. The molecule has 1 aliphatic carbocycles. The molecule has 7 nitrogen and oxygen atoms in total. The Morgan fingerprint density at radius 2 is 1.61 bits per heavy atom. The Balaban J connectivity index is 1.59. The number of rotatable bonds is 10. The van der Waals surface area contributed by atoms with Crippen LogP contribution >= 0.6 is 0 Å². The molecule has 33 heavy (non-hydrogen) atoms. The maximum atomic E-state index is 12.7. The quantitative estimate of drug-likeness (QED) is 0.498. The van der Waals surface area contributed by atoms with Gasteiger partial charge >= 0.3 is 12.1 Å². The van der Waals surface area contributed by atoms with Gasteiger partial charge in [-0.1, -0.05) is 68.8 Å². The molecule has 0 saturated heterocycles. The van der Waals surface area contributed by atoms with Crippen LogP contribution in [0.3, 0.4) is 0 Å². The standard InChI is InChI=1S/C26H32N2O5/c1-4-10-17(23(29)28-26(3,5-2)24(30)31)15-27-25(32)33-16-22-20-13-8-6-11-18(20)19-12-7-9-14-21(19)22/h6-9,11-14,17,22H,4-5,10,15-16H2,1-3H3,(H,27,32)(H,28,29)(H,30,31). The minimum Gasteiger partial charge on any atom is -0.480 e. The second kappa shape index (κ2) is 10.5. The summed E-state index contributed by atoms with van der Waals surface area (Å²) >= 11 is 0. The van der Waals surface area contributed by atoms with E-state index in [0.717, 1.165) is 28.7 Å². The molecule has 2 aromatic carbocycles. The van der Waals surface area contributed by atoms with Crippen molar-refractivity contribution in [2.45, 2.75) is 51.5 Å². The van der Waals surface area contributed by atoms with Crippen molar-refractivity contribution in [2.24, 2.45) is 5.92 Å². The number of nitrogens with one attached hydrogen (secondary N) is 2. The first-order valence-corrected chi connectivity index (χ1v) is 11.4. The summed E-state index contributed by atoms with van der Waals surface area (Å²) in [6, 6.07) is 16.2. The molecule has 2 atom stereocenters. The van der Waals surface area contributed by atoms with Gasteiger partial charge in [-0.3, -0.25) is 4.79 Å². The van der Waals surface area contributed by atoms with Gasteiger partial charge in [0.15, 0.2) is 0 Å². The highest BCUT2D eigenvalue weighted by Gasteiger charge is 2.35. The maximum Gasteiger partial charge on any atom is 0.407 e. The van der Waals surface area contributed by atoms with Crippen LogP contribution in [0.15, 0.2) is 48.5 Å². The normalized spacial score (nSPS) is 15.0. The SMILES string of the molecule is CCCC(CNC(=O)OCC1c2ccccc2-c2ccccc21)C(=O)NC(C)(CC)C(=O)O. The fourth-order valence-corrected chi connectivity index (χ4v) is 4.20. The minimum absolute atomic E-state index is 0.0429. The van der Waals surface area contributed by atoms with Crippen molar-refractivity contribution in [2.75, 3.05) is 13.2 Å². The van der Waals surface area contributed by atoms with E-state index < -0.39 is 23.5 Å². The van der Waals surface area contributed by atoms with Crippen molar-refractivity contribution in [1.82, 2.24) is 10.6 Å². The summed E-state index contributed by atoms with van der Waals surface area (Å²) in [4.78, 5) is 36.7. The zero-order chi connectivity index (χ0) is 24.0. The van der Waals surface area contributed by atoms with E-state index in [2.05, 4.69) is 34.9 Å². The summed E-state index contributed by atoms with van der Waals surface area (Å²) in [6.07, 6.45) is 0.907. The number of amides is 2. The largest absolute Gasteiger partial charge is 0.480 e. The van der Waals surface area contributed by atoms with Crippen molar-refractivity contribution in [3.8, 4) is 11.1 Å². The first-order valence-electron chi connectivity index (χ1n) is 11.4. The van der Waals surface area contributed by atoms with Crippen molar-refractivity contribution in [1.29, 1.82) is 0 Å². The number of carboxylic acids is 1. The Kier molecular flexibility index (Phi) is 7.74. The van der Waals surface area contributed by atoms with E-state index in [1.165, 1.54) is 6.92 Å². The van der Waals surface area contributed by atoms with Crippen LogP contribution in [-0.4, -0.2) is 41.8 Å². The molecule has 2 unspecified atom stereocenters. The van der Waals surface area contributed by atoms with Crippen LogP contribution in [0.5, 0.6) is 0 Å². The molecule has 0 aliphatic heterocycles. The summed E-state index contributed by atoms with van der Waals surface area (Å²) in [7, 11) is 0. The van der Waals surface area contributed by atoms with Crippen molar-refractivity contribution in [3.05, 3.63) is 59.7 Å². The summed E-state index contributed by atoms with van der Waals surface area (Å²) in [6.45, 7) is 5.39. The van der Waals surface area contributed by atoms with Gasteiger partial charge in [-0.25, -0.2) is 9.59 Å². The van der Waals surface area contributed by atoms with Gasteiger partial charge in [0.25, 0.3) is 0 Å². The zero-order valence-corrected chi connectivity index (χ0v) is 19.4. The summed E-state index contributed by atoms with van der Waals surface area (Å²) in [5.74, 6) is -2.06. The number of aliphatic carboxylic acids is 1. The smallest absolute Gasteiger partial charge is 0.407 e. The number of carboxylic acid groups (broad SMARTS) is 1. The van der Waals surface area contributed by atoms with E-state index in [9.17, 15) is 19.5 Å². The lowest BCUT2D eigenvalue weighted by molar-refractivity contribution is -0.147. The van der Waals surface area contributed by atoms with Gasteiger partial charge in [0, 0.05) is 12.5 Å². The molecular weight excluding hydrogens is 420 g/mol. The Labute approximate surface area is 194 Å². The predicted octanol–water partition coefficient (Wildman–Crippen LogP) is 4.31. The van der Waals surface area contributed by atoms with Crippen LogP contribution in [0.2, 0.25) is 0 Å². The molecule has 1 aliphatic rings. The molecule has 3 N–H and O–H groups in total. The van der Waals surface area contributed by atoms with E-state index in [4.69, 9.17) is 4.74 Å². The molecule has 0 bridgehead atoms. The van der Waals surface area contributed by atoms with Gasteiger partial charge in [-0.2, -0.15) is 0 Å². The van der Waals surface area contributed by atoms with Crippen LogP contribution in [-0.2, 0) is 14.3 Å². The lowest BCUT2D eigenvalue weighted by atomic mass is 9.96. The lowest BCUT2D eigenvalue weighted by Gasteiger charge is -2.27. The average molecular weight is 453 g/mol. The summed E-state index contributed by atoms with van der Waals surface area (Å²) < 4.78 is 5.53. The lowest BCUT2D eigenvalue weighted by Crippen LogP contribution is -2.54. The molecular formula is C26H32N2O5. The predicted molar refractivity (Wildman–Crippen MR) is 126 cm³/mol. The highest BCUT2D eigenvalue weighted by molar-refractivity contribution is 5.88. The van der Waals surface area contributed by atoms with Gasteiger partial charge in [0.05, 0.1) is 5.92 Å². The third-order valence-electron chi connectivity index (χ3n) is 6.42. The molecule has 0 spiro atoms. The Morgan fingerprint density at radius 1 is 1.03 bits per heavy atom. The molecule has 0 saturated carbocycles. The van der Waals surface area contributed by atoms with Crippen LogP contribution in [0.1, 0.15) is 57.1 Å². The first kappa shape index (κ1) is 24.3. The fourth-order valence-electron chi connectivity index (χ4n) is 4.20. The highest BCUT2D eigenvalue weighted by atomic mass is 16.5. The number of benzene rings is 2. The molecule has 7 heteroatoms. The average Bonchev–Trinajstić information content (AvgIpc) is 3.13. The Morgan fingerprint density at radius 3 is 2.12 bits per heavy atom. The van der Waals surface area contributed by atoms with E-state index in [1.807, 2.05) is 31.2 Å². The molecule has 0 fully saturated rings. The Hall–Kier alpha value is -3.35. The highest BCUT2D eigenvalue weighted by Crippen LogP contribution is 2.44. The van der Waals surface area contributed by atoms with Gasteiger partial charge in [0.2, 0.25) is 5.91 Å². The van der Waals surface area contributed by atoms with Crippen LogP contribution in [0, 0.1) is 5.92 Å². The minimum atomic E-state index is -1.34. The van der Waals surface area contributed by atoms with E-state index in [0.29, 0.717) is 6.42 Å². The monoisotopic (exact) mass is 452 g/mol. The number of carbonyl (C=O) groups excluding carboxylic acids is 2. The van der Waals surface area contributed by atoms with Gasteiger partial charge in [-0.15, -0.1) is 0 Å². The van der Waals surface area contributed by atoms with Crippen molar-refractivity contribution in [3.63, 3.8) is 0 Å². The molecule has 3 rings (SSSR count). The number of carbonyl (C=O) groups is 3. The maximum absolute atomic E-state index is 12.7. The molecule has 0 heterocycles. The van der Waals surface area contributed by atoms with E-state index in [-0.39, 0.29) is 31.4 Å².